The number of hydrogen-bond donors (Lipinski definition) is 0. The lowest BCUT2D eigenvalue weighted by Crippen LogP contribution is -2.33. The molecule has 0 unspecified atom stereocenters. The van der Waals surface area contributed by atoms with Crippen LogP contribution in [0.2, 0.25) is 0 Å². The van der Waals surface area contributed by atoms with Gasteiger partial charge in [0.15, 0.2) is 0 Å². The standard InChI is InChI=1S/C14H18NO/c15-11-14(8-4-5-9-14)13(16)10-12-6-2-1-3-7-12/h1-3,6-7,15H,4-5,8-11H2. The van der Waals surface area contributed by atoms with Crippen LogP contribution in [0.5, 0.6) is 0 Å². The highest BCUT2D eigenvalue weighted by atomic mass is 16.1. The van der Waals surface area contributed by atoms with Crippen molar-refractivity contribution in [1.29, 1.82) is 0 Å². The molecular formula is C14H18NO. The third kappa shape index (κ3) is 2.17. The second-order valence-corrected chi connectivity index (χ2v) is 4.75. The summed E-state index contributed by atoms with van der Waals surface area (Å²) in [5, 5.41) is 0. The van der Waals surface area contributed by atoms with Crippen LogP contribution in [0.1, 0.15) is 31.2 Å². The van der Waals surface area contributed by atoms with Crippen molar-refractivity contribution in [2.45, 2.75) is 32.1 Å². The summed E-state index contributed by atoms with van der Waals surface area (Å²) in [6, 6.07) is 9.87. The number of Topliss-reactive ketones (excluding diaryl/α,β-unsaturated/α-hetero) is 1. The second-order valence-electron chi connectivity index (χ2n) is 4.75. The summed E-state index contributed by atoms with van der Waals surface area (Å²) in [6.45, 7) is 0.263. The van der Waals surface area contributed by atoms with Crippen LogP contribution < -0.4 is 5.73 Å². The summed E-state index contributed by atoms with van der Waals surface area (Å²) in [5.41, 5.74) is 8.38. The maximum atomic E-state index is 12.2. The van der Waals surface area contributed by atoms with Gasteiger partial charge in [-0.3, -0.25) is 10.5 Å². The Hall–Kier alpha value is -1.15. The zero-order valence-electron chi connectivity index (χ0n) is 9.54. The molecule has 0 bridgehead atoms. The van der Waals surface area contributed by atoms with Crippen LogP contribution in [-0.2, 0) is 11.2 Å². The van der Waals surface area contributed by atoms with Crippen LogP contribution >= 0.6 is 0 Å². The van der Waals surface area contributed by atoms with Crippen molar-refractivity contribution in [3.8, 4) is 0 Å². The Morgan fingerprint density at radius 1 is 1.19 bits per heavy atom. The summed E-state index contributed by atoms with van der Waals surface area (Å²) in [5.74, 6) is 0.270. The van der Waals surface area contributed by atoms with Gasteiger partial charge in [-0.05, 0) is 18.4 Å². The first kappa shape index (κ1) is 11.3. The molecule has 2 rings (SSSR count). The van der Waals surface area contributed by atoms with E-state index in [1.807, 2.05) is 30.3 Å². The summed E-state index contributed by atoms with van der Waals surface area (Å²) < 4.78 is 0. The van der Waals surface area contributed by atoms with E-state index in [1.54, 1.807) is 0 Å². The van der Waals surface area contributed by atoms with Crippen LogP contribution in [0.25, 0.3) is 0 Å². The van der Waals surface area contributed by atoms with Crippen molar-refractivity contribution < 1.29 is 4.79 Å². The number of ketones is 1. The predicted molar refractivity (Wildman–Crippen MR) is 64.0 cm³/mol. The Kier molecular flexibility index (Phi) is 3.39. The van der Waals surface area contributed by atoms with E-state index in [9.17, 15) is 4.79 Å². The Bertz CT molecular complexity index is 352. The van der Waals surface area contributed by atoms with E-state index < -0.39 is 0 Å². The molecule has 0 aliphatic heterocycles. The van der Waals surface area contributed by atoms with Crippen LogP contribution in [0, 0.1) is 5.41 Å². The fourth-order valence-corrected chi connectivity index (χ4v) is 2.57. The molecule has 2 heteroatoms. The number of benzene rings is 1. The SMILES string of the molecule is [NH]CC1(C(=O)Cc2ccccc2)CCCC1. The lowest BCUT2D eigenvalue weighted by molar-refractivity contribution is -0.127. The molecule has 0 amide bonds. The number of rotatable bonds is 4. The van der Waals surface area contributed by atoms with E-state index >= 15 is 0 Å². The second kappa shape index (κ2) is 4.79. The number of carbonyl (C=O) groups excluding carboxylic acids is 1. The molecular weight excluding hydrogens is 198 g/mol. The summed E-state index contributed by atoms with van der Waals surface area (Å²) in [7, 11) is 0. The fourth-order valence-electron chi connectivity index (χ4n) is 2.57. The Morgan fingerprint density at radius 3 is 2.38 bits per heavy atom. The van der Waals surface area contributed by atoms with Crippen molar-refractivity contribution in [2.24, 2.45) is 5.41 Å². The zero-order valence-corrected chi connectivity index (χ0v) is 9.54. The molecule has 1 fully saturated rings. The quantitative estimate of drug-likeness (QED) is 0.762. The highest BCUT2D eigenvalue weighted by Gasteiger charge is 2.39. The molecule has 85 valence electrons. The topological polar surface area (TPSA) is 40.9 Å². The average molecular weight is 216 g/mol. The van der Waals surface area contributed by atoms with Gasteiger partial charge in [-0.15, -0.1) is 0 Å². The van der Waals surface area contributed by atoms with Crippen molar-refractivity contribution in [3.05, 3.63) is 35.9 Å². The van der Waals surface area contributed by atoms with Gasteiger partial charge >= 0.3 is 0 Å². The number of nitrogens with one attached hydrogen (secondary N) is 1. The highest BCUT2D eigenvalue weighted by molar-refractivity contribution is 5.87. The van der Waals surface area contributed by atoms with Crippen LogP contribution in [0.4, 0.5) is 0 Å². The molecule has 16 heavy (non-hydrogen) atoms. The van der Waals surface area contributed by atoms with E-state index in [4.69, 9.17) is 5.73 Å². The van der Waals surface area contributed by atoms with Gasteiger partial charge in [-0.2, -0.15) is 0 Å². The minimum absolute atomic E-state index is 0.263. The lowest BCUT2D eigenvalue weighted by atomic mass is 9.79. The Morgan fingerprint density at radius 2 is 1.81 bits per heavy atom. The molecule has 0 saturated heterocycles. The van der Waals surface area contributed by atoms with Crippen LogP contribution in [0.3, 0.4) is 0 Å². The molecule has 0 aromatic heterocycles. The first-order valence-corrected chi connectivity index (χ1v) is 5.99. The van der Waals surface area contributed by atoms with Gasteiger partial charge in [0.2, 0.25) is 0 Å². The molecule has 1 saturated carbocycles. The van der Waals surface area contributed by atoms with Gasteiger partial charge in [0.1, 0.15) is 5.78 Å². The van der Waals surface area contributed by atoms with E-state index in [2.05, 4.69) is 0 Å². The van der Waals surface area contributed by atoms with Gasteiger partial charge in [0, 0.05) is 18.4 Å². The molecule has 1 aromatic rings. The molecule has 1 radical (unpaired) electrons. The first-order valence-electron chi connectivity index (χ1n) is 5.99. The molecule has 0 atom stereocenters. The monoisotopic (exact) mass is 216 g/mol. The minimum Gasteiger partial charge on any atom is -0.299 e. The fraction of sp³-hybridized carbons (Fsp3) is 0.500. The zero-order chi connectivity index (χ0) is 11.4. The van der Waals surface area contributed by atoms with Crippen molar-refractivity contribution in [1.82, 2.24) is 5.73 Å². The van der Waals surface area contributed by atoms with Crippen molar-refractivity contribution in [3.63, 3.8) is 0 Å². The van der Waals surface area contributed by atoms with Crippen molar-refractivity contribution in [2.75, 3.05) is 6.54 Å². The van der Waals surface area contributed by atoms with Gasteiger partial charge in [0.25, 0.3) is 0 Å². The summed E-state index contributed by atoms with van der Waals surface area (Å²) in [4.78, 5) is 12.2. The molecule has 1 aromatic carbocycles. The van der Waals surface area contributed by atoms with Crippen LogP contribution in [-0.4, -0.2) is 12.3 Å². The maximum Gasteiger partial charge on any atom is 0.144 e. The molecule has 0 spiro atoms. The molecule has 2 nitrogen and oxygen atoms in total. The van der Waals surface area contributed by atoms with Gasteiger partial charge < -0.3 is 0 Å². The Balaban J connectivity index is 2.07. The number of hydrogen-bond acceptors (Lipinski definition) is 1. The Labute approximate surface area is 96.8 Å². The first-order chi connectivity index (χ1) is 7.77. The third-order valence-corrected chi connectivity index (χ3v) is 3.70. The van der Waals surface area contributed by atoms with Gasteiger partial charge in [-0.1, -0.05) is 43.2 Å². The largest absolute Gasteiger partial charge is 0.299 e. The summed E-state index contributed by atoms with van der Waals surface area (Å²) >= 11 is 0. The van der Waals surface area contributed by atoms with Gasteiger partial charge in [0.05, 0.1) is 0 Å². The molecule has 1 aliphatic carbocycles. The van der Waals surface area contributed by atoms with E-state index in [1.165, 1.54) is 0 Å². The van der Waals surface area contributed by atoms with E-state index in [0.29, 0.717) is 6.42 Å². The minimum atomic E-state index is -0.324. The third-order valence-electron chi connectivity index (χ3n) is 3.70. The van der Waals surface area contributed by atoms with E-state index in [0.717, 1.165) is 31.2 Å². The van der Waals surface area contributed by atoms with Crippen LogP contribution in [0.15, 0.2) is 30.3 Å². The molecule has 1 N–H and O–H groups in total. The number of carbonyl (C=O) groups is 1. The average Bonchev–Trinajstić information content (AvgIpc) is 2.80. The van der Waals surface area contributed by atoms with Gasteiger partial charge in [-0.25, -0.2) is 0 Å². The predicted octanol–water partition coefficient (Wildman–Crippen LogP) is 2.64. The summed E-state index contributed by atoms with van der Waals surface area (Å²) in [6.07, 6.45) is 4.56. The lowest BCUT2D eigenvalue weighted by Gasteiger charge is -2.24. The normalized spacial score (nSPS) is 18.6. The maximum absolute atomic E-state index is 12.2. The molecule has 1 aliphatic rings. The highest BCUT2D eigenvalue weighted by Crippen LogP contribution is 2.39. The molecule has 0 heterocycles. The smallest absolute Gasteiger partial charge is 0.144 e. The van der Waals surface area contributed by atoms with E-state index in [-0.39, 0.29) is 17.7 Å². The van der Waals surface area contributed by atoms with Crippen molar-refractivity contribution >= 4 is 5.78 Å².